The van der Waals surface area contributed by atoms with Crippen molar-refractivity contribution in [3.05, 3.63) is 28.2 Å². The Morgan fingerprint density at radius 2 is 1.62 bits per heavy atom. The number of anilines is 1. The molecular weight excluding hydrogens is 343 g/mol. The summed E-state index contributed by atoms with van der Waals surface area (Å²) in [5.41, 5.74) is 0.751. The van der Waals surface area contributed by atoms with E-state index < -0.39 is 0 Å². The second kappa shape index (κ2) is 6.19. The van der Waals surface area contributed by atoms with Crippen molar-refractivity contribution in [1.29, 1.82) is 0 Å². The predicted octanol–water partition coefficient (Wildman–Crippen LogP) is 4.83. The molecule has 4 aliphatic carbocycles. The molecule has 0 aromatic heterocycles. The van der Waals surface area contributed by atoms with E-state index in [0.29, 0.717) is 22.3 Å². The van der Waals surface area contributed by atoms with Gasteiger partial charge in [-0.3, -0.25) is 9.69 Å². The van der Waals surface area contributed by atoms with Crippen LogP contribution in [0.1, 0.15) is 38.5 Å². The molecule has 3 nitrogen and oxygen atoms in total. The van der Waals surface area contributed by atoms with Crippen LogP contribution in [0.5, 0.6) is 0 Å². The van der Waals surface area contributed by atoms with Gasteiger partial charge in [0.05, 0.1) is 22.3 Å². The van der Waals surface area contributed by atoms with Crippen molar-refractivity contribution in [3.63, 3.8) is 0 Å². The molecular formula is C19H24Cl2N2O. The van der Waals surface area contributed by atoms with Gasteiger partial charge < -0.3 is 5.32 Å². The number of para-hydroxylation sites is 1. The van der Waals surface area contributed by atoms with E-state index >= 15 is 0 Å². The maximum absolute atomic E-state index is 12.6. The predicted molar refractivity (Wildman–Crippen MR) is 98.6 cm³/mol. The Kier molecular flexibility index (Phi) is 4.30. The third-order valence-corrected chi connectivity index (χ3v) is 7.05. The summed E-state index contributed by atoms with van der Waals surface area (Å²) >= 11 is 12.3. The highest BCUT2D eigenvalue weighted by Gasteiger charge is 2.52. The van der Waals surface area contributed by atoms with Crippen molar-refractivity contribution in [1.82, 2.24) is 4.90 Å². The minimum Gasteiger partial charge on any atom is -0.322 e. The number of hydrogen-bond acceptors (Lipinski definition) is 2. The molecule has 0 aliphatic heterocycles. The number of rotatable bonds is 4. The van der Waals surface area contributed by atoms with E-state index in [9.17, 15) is 4.79 Å². The lowest BCUT2D eigenvalue weighted by molar-refractivity contribution is -0.123. The summed E-state index contributed by atoms with van der Waals surface area (Å²) in [6.07, 6.45) is 8.01. The summed E-state index contributed by atoms with van der Waals surface area (Å²) < 4.78 is 0. The van der Waals surface area contributed by atoms with Crippen LogP contribution in [0.4, 0.5) is 5.69 Å². The first-order valence-corrected chi connectivity index (χ1v) is 9.66. The van der Waals surface area contributed by atoms with E-state index in [0.717, 1.165) is 17.8 Å². The smallest absolute Gasteiger partial charge is 0.238 e. The molecule has 1 aromatic carbocycles. The number of likely N-dealkylation sites (N-methyl/N-ethyl adjacent to an activating group) is 1. The zero-order valence-electron chi connectivity index (χ0n) is 14.0. The molecule has 1 amide bonds. The Hall–Kier alpha value is -0.770. The van der Waals surface area contributed by atoms with Crippen LogP contribution in [0, 0.1) is 17.8 Å². The summed E-state index contributed by atoms with van der Waals surface area (Å²) in [6, 6.07) is 5.26. The number of nitrogens with zero attached hydrogens (tertiary/aromatic N) is 1. The SMILES string of the molecule is CN(CC(=O)Nc1c(Cl)cccc1Cl)C12CC3CC(CC(C3)C1)C2. The zero-order chi connectivity index (χ0) is 16.9. The minimum atomic E-state index is -0.0387. The number of carbonyl (C=O) groups excluding carboxylic acids is 1. The van der Waals surface area contributed by atoms with Crippen LogP contribution in [0.25, 0.3) is 0 Å². The molecule has 4 aliphatic rings. The van der Waals surface area contributed by atoms with Crippen LogP contribution in [-0.4, -0.2) is 29.9 Å². The molecule has 0 heterocycles. The fourth-order valence-electron chi connectivity index (χ4n) is 5.71. The number of benzene rings is 1. The van der Waals surface area contributed by atoms with E-state index in [1.54, 1.807) is 18.2 Å². The van der Waals surface area contributed by atoms with Gasteiger partial charge in [0.15, 0.2) is 0 Å². The second-order valence-electron chi connectivity index (χ2n) is 8.14. The van der Waals surface area contributed by atoms with Crippen LogP contribution in [0.15, 0.2) is 18.2 Å². The van der Waals surface area contributed by atoms with E-state index in [1.165, 1.54) is 38.5 Å². The van der Waals surface area contributed by atoms with Crippen molar-refractivity contribution in [3.8, 4) is 0 Å². The average molecular weight is 367 g/mol. The summed E-state index contributed by atoms with van der Waals surface area (Å²) in [7, 11) is 2.11. The Balaban J connectivity index is 1.44. The average Bonchev–Trinajstić information content (AvgIpc) is 2.49. The zero-order valence-corrected chi connectivity index (χ0v) is 15.5. The van der Waals surface area contributed by atoms with Crippen LogP contribution in [-0.2, 0) is 4.79 Å². The first-order chi connectivity index (χ1) is 11.4. The summed E-state index contributed by atoms with van der Waals surface area (Å²) in [5, 5.41) is 3.86. The van der Waals surface area contributed by atoms with Gasteiger partial charge in [-0.05, 0) is 75.5 Å². The number of hydrogen-bond donors (Lipinski definition) is 1. The van der Waals surface area contributed by atoms with E-state index in [2.05, 4.69) is 17.3 Å². The molecule has 0 unspecified atom stereocenters. The molecule has 0 saturated heterocycles. The highest BCUT2D eigenvalue weighted by Crippen LogP contribution is 2.57. The fourth-order valence-corrected chi connectivity index (χ4v) is 6.20. The topological polar surface area (TPSA) is 32.3 Å². The van der Waals surface area contributed by atoms with E-state index in [4.69, 9.17) is 23.2 Å². The molecule has 4 bridgehead atoms. The summed E-state index contributed by atoms with van der Waals surface area (Å²) in [4.78, 5) is 14.9. The summed E-state index contributed by atoms with van der Waals surface area (Å²) in [6.45, 7) is 0.397. The van der Waals surface area contributed by atoms with Gasteiger partial charge in [-0.25, -0.2) is 0 Å². The maximum atomic E-state index is 12.6. The number of amides is 1. The number of nitrogens with one attached hydrogen (secondary N) is 1. The molecule has 130 valence electrons. The van der Waals surface area contributed by atoms with Crippen molar-refractivity contribution in [2.24, 2.45) is 17.8 Å². The van der Waals surface area contributed by atoms with Gasteiger partial charge in [0.25, 0.3) is 0 Å². The first-order valence-electron chi connectivity index (χ1n) is 8.90. The van der Waals surface area contributed by atoms with Crippen LogP contribution in [0.3, 0.4) is 0 Å². The Morgan fingerprint density at radius 3 is 2.12 bits per heavy atom. The molecule has 0 atom stereocenters. The number of halogens is 2. The third kappa shape index (κ3) is 2.95. The Morgan fingerprint density at radius 1 is 1.12 bits per heavy atom. The largest absolute Gasteiger partial charge is 0.322 e. The Labute approximate surface area is 153 Å². The summed E-state index contributed by atoms with van der Waals surface area (Å²) in [5.74, 6) is 2.59. The molecule has 0 radical (unpaired) electrons. The fraction of sp³-hybridized carbons (Fsp3) is 0.632. The Bertz CT molecular complexity index is 605. The van der Waals surface area contributed by atoms with E-state index in [1.807, 2.05) is 0 Å². The van der Waals surface area contributed by atoms with Gasteiger partial charge in [0, 0.05) is 5.54 Å². The molecule has 4 fully saturated rings. The van der Waals surface area contributed by atoms with Gasteiger partial charge in [0.1, 0.15) is 0 Å². The molecule has 4 saturated carbocycles. The lowest BCUT2D eigenvalue weighted by Gasteiger charge is -2.59. The van der Waals surface area contributed by atoms with Gasteiger partial charge in [-0.2, -0.15) is 0 Å². The first kappa shape index (κ1) is 16.7. The third-order valence-electron chi connectivity index (χ3n) is 6.42. The van der Waals surface area contributed by atoms with Crippen LogP contribution < -0.4 is 5.32 Å². The maximum Gasteiger partial charge on any atom is 0.238 e. The van der Waals surface area contributed by atoms with Crippen LogP contribution >= 0.6 is 23.2 Å². The molecule has 5 rings (SSSR count). The van der Waals surface area contributed by atoms with E-state index in [-0.39, 0.29) is 11.4 Å². The van der Waals surface area contributed by atoms with Crippen LogP contribution in [0.2, 0.25) is 10.0 Å². The molecule has 1 N–H and O–H groups in total. The van der Waals surface area contributed by atoms with Gasteiger partial charge in [-0.15, -0.1) is 0 Å². The molecule has 5 heteroatoms. The highest BCUT2D eigenvalue weighted by atomic mass is 35.5. The monoisotopic (exact) mass is 366 g/mol. The van der Waals surface area contributed by atoms with Crippen molar-refractivity contribution >= 4 is 34.8 Å². The van der Waals surface area contributed by atoms with Crippen molar-refractivity contribution in [2.45, 2.75) is 44.1 Å². The number of carbonyl (C=O) groups is 1. The molecule has 24 heavy (non-hydrogen) atoms. The highest BCUT2D eigenvalue weighted by molar-refractivity contribution is 6.39. The van der Waals surface area contributed by atoms with Gasteiger partial charge in [0.2, 0.25) is 5.91 Å². The lowest BCUT2D eigenvalue weighted by Crippen LogP contribution is -2.59. The lowest BCUT2D eigenvalue weighted by atomic mass is 9.52. The molecule has 1 aromatic rings. The second-order valence-corrected chi connectivity index (χ2v) is 8.96. The van der Waals surface area contributed by atoms with Gasteiger partial charge in [-0.1, -0.05) is 29.3 Å². The standard InChI is InChI=1S/C19H24Cl2N2O/c1-23(11-17(24)22-18-15(20)3-2-4-16(18)21)19-8-12-5-13(9-19)7-14(6-12)10-19/h2-4,12-14H,5-11H2,1H3,(H,22,24). The van der Waals surface area contributed by atoms with Crippen molar-refractivity contribution < 1.29 is 4.79 Å². The minimum absolute atomic E-state index is 0.0387. The van der Waals surface area contributed by atoms with Gasteiger partial charge >= 0.3 is 0 Å². The normalized spacial score (nSPS) is 33.9. The quantitative estimate of drug-likeness (QED) is 0.827. The van der Waals surface area contributed by atoms with Crippen molar-refractivity contribution in [2.75, 3.05) is 18.9 Å². The molecule has 0 spiro atoms.